The van der Waals surface area contributed by atoms with E-state index in [0.29, 0.717) is 6.04 Å². The lowest BCUT2D eigenvalue weighted by atomic mass is 10.0. The lowest BCUT2D eigenvalue weighted by Gasteiger charge is -2.36. The minimum absolute atomic E-state index is 0.694. The Balaban J connectivity index is 1.93. The average Bonchev–Trinajstić information content (AvgIpc) is 2.45. The van der Waals surface area contributed by atoms with Crippen LogP contribution in [0.3, 0.4) is 0 Å². The molecule has 0 radical (unpaired) electrons. The van der Waals surface area contributed by atoms with E-state index >= 15 is 0 Å². The Hall–Kier alpha value is -1.02. The van der Waals surface area contributed by atoms with Crippen molar-refractivity contribution in [1.29, 1.82) is 0 Å². The number of benzene rings is 1. The molecule has 14 heavy (non-hydrogen) atoms. The van der Waals surface area contributed by atoms with E-state index in [2.05, 4.69) is 17.0 Å². The molecule has 0 bridgehead atoms. The monoisotopic (exact) mass is 188 g/mol. The summed E-state index contributed by atoms with van der Waals surface area (Å²) in [4.78, 5) is 2.59. The number of nitrogen functional groups attached to an aromatic ring is 1. The summed E-state index contributed by atoms with van der Waals surface area (Å²) in [7, 11) is 0. The number of nitrogens with zero attached hydrogens (tertiary/aromatic N) is 1. The molecule has 2 nitrogen and oxygen atoms in total. The molecule has 0 saturated carbocycles. The highest BCUT2D eigenvalue weighted by atomic mass is 15.2. The van der Waals surface area contributed by atoms with Gasteiger partial charge in [0, 0.05) is 11.7 Å². The van der Waals surface area contributed by atoms with Gasteiger partial charge in [0.25, 0.3) is 0 Å². The molecular weight excluding hydrogens is 172 g/mol. The topological polar surface area (TPSA) is 29.3 Å². The number of hydrogen-bond acceptors (Lipinski definition) is 2. The van der Waals surface area contributed by atoms with Gasteiger partial charge < -0.3 is 5.73 Å². The second kappa shape index (κ2) is 2.99. The number of aryl methyl sites for hydroxylation is 1. The number of likely N-dealkylation sites (tertiary alicyclic amines) is 1. The van der Waals surface area contributed by atoms with Gasteiger partial charge in [-0.05, 0) is 55.6 Å². The van der Waals surface area contributed by atoms with E-state index in [0.717, 1.165) is 5.69 Å². The third-order valence-electron chi connectivity index (χ3n) is 3.54. The SMILES string of the molecule is Nc1ccc2c(c1)CCC2N1CCC1. The van der Waals surface area contributed by atoms with E-state index in [4.69, 9.17) is 5.73 Å². The Morgan fingerprint density at radius 1 is 1.29 bits per heavy atom. The average molecular weight is 188 g/mol. The van der Waals surface area contributed by atoms with Crippen LogP contribution < -0.4 is 5.73 Å². The summed E-state index contributed by atoms with van der Waals surface area (Å²) in [6, 6.07) is 7.10. The predicted octanol–water partition coefficient (Wildman–Crippen LogP) is 1.96. The number of nitrogens with two attached hydrogens (primary N) is 1. The highest BCUT2D eigenvalue weighted by Gasteiger charge is 2.30. The van der Waals surface area contributed by atoms with Crippen LogP contribution >= 0.6 is 0 Å². The number of rotatable bonds is 1. The second-order valence-corrected chi connectivity index (χ2v) is 4.40. The predicted molar refractivity (Wildman–Crippen MR) is 58.1 cm³/mol. The van der Waals surface area contributed by atoms with Gasteiger partial charge in [-0.1, -0.05) is 6.07 Å². The van der Waals surface area contributed by atoms with Gasteiger partial charge >= 0.3 is 0 Å². The molecule has 2 heteroatoms. The summed E-state index contributed by atoms with van der Waals surface area (Å²) in [5.41, 5.74) is 9.70. The highest BCUT2D eigenvalue weighted by molar-refractivity contribution is 5.47. The summed E-state index contributed by atoms with van der Waals surface area (Å²) in [6.07, 6.45) is 3.88. The fourth-order valence-electron chi connectivity index (χ4n) is 2.65. The Morgan fingerprint density at radius 3 is 2.86 bits per heavy atom. The lowest BCUT2D eigenvalue weighted by Crippen LogP contribution is -2.39. The first-order valence-electron chi connectivity index (χ1n) is 5.47. The molecule has 0 amide bonds. The zero-order valence-electron chi connectivity index (χ0n) is 8.37. The van der Waals surface area contributed by atoms with E-state index in [1.54, 1.807) is 0 Å². The molecule has 1 saturated heterocycles. The molecule has 2 N–H and O–H groups in total. The second-order valence-electron chi connectivity index (χ2n) is 4.40. The van der Waals surface area contributed by atoms with E-state index in [1.165, 1.54) is 43.5 Å². The van der Waals surface area contributed by atoms with Crippen LogP contribution in [-0.4, -0.2) is 18.0 Å². The molecule has 1 aliphatic heterocycles. The number of anilines is 1. The Labute approximate surface area is 84.7 Å². The van der Waals surface area contributed by atoms with Crippen molar-refractivity contribution in [2.45, 2.75) is 25.3 Å². The first kappa shape index (κ1) is 8.30. The van der Waals surface area contributed by atoms with Crippen molar-refractivity contribution in [1.82, 2.24) is 4.90 Å². The molecule has 3 rings (SSSR count). The Bertz CT molecular complexity index is 355. The molecular formula is C12H16N2. The molecule has 1 aromatic rings. The molecule has 1 heterocycles. The van der Waals surface area contributed by atoms with Gasteiger partial charge in [0.2, 0.25) is 0 Å². The maximum Gasteiger partial charge on any atom is 0.0354 e. The van der Waals surface area contributed by atoms with Crippen molar-refractivity contribution in [3.63, 3.8) is 0 Å². The molecule has 2 aliphatic rings. The van der Waals surface area contributed by atoms with Crippen molar-refractivity contribution >= 4 is 5.69 Å². The standard InChI is InChI=1S/C12H16N2/c13-10-3-4-11-9(8-10)2-5-12(11)14-6-1-7-14/h3-4,8,12H,1-2,5-7,13H2. The van der Waals surface area contributed by atoms with Crippen LogP contribution in [-0.2, 0) is 6.42 Å². The summed E-state index contributed by atoms with van der Waals surface area (Å²) in [5.74, 6) is 0. The minimum atomic E-state index is 0.694. The number of hydrogen-bond donors (Lipinski definition) is 1. The Morgan fingerprint density at radius 2 is 2.14 bits per heavy atom. The van der Waals surface area contributed by atoms with Gasteiger partial charge in [-0.2, -0.15) is 0 Å². The van der Waals surface area contributed by atoms with Crippen molar-refractivity contribution < 1.29 is 0 Å². The van der Waals surface area contributed by atoms with Crippen LogP contribution in [0.25, 0.3) is 0 Å². The smallest absolute Gasteiger partial charge is 0.0354 e. The normalized spacial score (nSPS) is 25.9. The molecule has 1 aliphatic carbocycles. The van der Waals surface area contributed by atoms with Crippen LogP contribution in [0.5, 0.6) is 0 Å². The van der Waals surface area contributed by atoms with E-state index < -0.39 is 0 Å². The van der Waals surface area contributed by atoms with Gasteiger partial charge in [-0.3, -0.25) is 4.90 Å². The van der Waals surface area contributed by atoms with Gasteiger partial charge in [-0.15, -0.1) is 0 Å². The molecule has 0 aromatic heterocycles. The van der Waals surface area contributed by atoms with E-state index in [-0.39, 0.29) is 0 Å². The zero-order valence-corrected chi connectivity index (χ0v) is 8.37. The third kappa shape index (κ3) is 1.14. The summed E-state index contributed by atoms with van der Waals surface area (Å²) >= 11 is 0. The third-order valence-corrected chi connectivity index (χ3v) is 3.54. The fraction of sp³-hybridized carbons (Fsp3) is 0.500. The van der Waals surface area contributed by atoms with Crippen LogP contribution in [0.2, 0.25) is 0 Å². The van der Waals surface area contributed by atoms with Crippen molar-refractivity contribution in [3.8, 4) is 0 Å². The fourth-order valence-corrected chi connectivity index (χ4v) is 2.65. The molecule has 0 spiro atoms. The molecule has 1 fully saturated rings. The summed E-state index contributed by atoms with van der Waals surface area (Å²) in [6.45, 7) is 2.57. The van der Waals surface area contributed by atoms with Gasteiger partial charge in [0.1, 0.15) is 0 Å². The summed E-state index contributed by atoms with van der Waals surface area (Å²) in [5, 5.41) is 0. The van der Waals surface area contributed by atoms with E-state index in [1.807, 2.05) is 6.07 Å². The van der Waals surface area contributed by atoms with Crippen molar-refractivity contribution in [3.05, 3.63) is 29.3 Å². The maximum atomic E-state index is 5.79. The quantitative estimate of drug-likeness (QED) is 0.683. The number of fused-ring (bicyclic) bond motifs is 1. The van der Waals surface area contributed by atoms with Crippen LogP contribution in [0, 0.1) is 0 Å². The van der Waals surface area contributed by atoms with Gasteiger partial charge in [0.15, 0.2) is 0 Å². The molecule has 1 atom stereocenters. The minimum Gasteiger partial charge on any atom is -0.399 e. The summed E-state index contributed by atoms with van der Waals surface area (Å²) < 4.78 is 0. The Kier molecular flexibility index (Phi) is 1.77. The molecule has 1 unspecified atom stereocenters. The van der Waals surface area contributed by atoms with Crippen LogP contribution in [0.4, 0.5) is 5.69 Å². The highest BCUT2D eigenvalue weighted by Crippen LogP contribution is 2.38. The van der Waals surface area contributed by atoms with Gasteiger partial charge in [0.05, 0.1) is 0 Å². The first-order chi connectivity index (χ1) is 6.84. The van der Waals surface area contributed by atoms with Crippen molar-refractivity contribution in [2.24, 2.45) is 0 Å². The van der Waals surface area contributed by atoms with E-state index in [9.17, 15) is 0 Å². The lowest BCUT2D eigenvalue weighted by molar-refractivity contribution is 0.118. The van der Waals surface area contributed by atoms with Crippen molar-refractivity contribution in [2.75, 3.05) is 18.8 Å². The van der Waals surface area contributed by atoms with Gasteiger partial charge in [-0.25, -0.2) is 0 Å². The largest absolute Gasteiger partial charge is 0.399 e. The zero-order chi connectivity index (χ0) is 9.54. The molecule has 1 aromatic carbocycles. The van der Waals surface area contributed by atoms with Crippen LogP contribution in [0.15, 0.2) is 18.2 Å². The molecule has 74 valence electrons. The maximum absolute atomic E-state index is 5.79. The first-order valence-corrected chi connectivity index (χ1v) is 5.47. The van der Waals surface area contributed by atoms with Crippen LogP contribution in [0.1, 0.15) is 30.0 Å².